The molecule has 0 aromatic carbocycles. The minimum absolute atomic E-state index is 0.0539. The Kier molecular flexibility index (Phi) is 3.15. The minimum atomic E-state index is 0.0539. The van der Waals surface area contributed by atoms with Crippen molar-refractivity contribution in [3.63, 3.8) is 0 Å². The van der Waals surface area contributed by atoms with Gasteiger partial charge in [-0.1, -0.05) is 19.3 Å². The molecule has 0 unspecified atom stereocenters. The van der Waals surface area contributed by atoms with Crippen LogP contribution in [-0.4, -0.2) is 18.2 Å². The van der Waals surface area contributed by atoms with E-state index in [0.29, 0.717) is 6.10 Å². The third-order valence-corrected chi connectivity index (χ3v) is 6.66. The summed E-state index contributed by atoms with van der Waals surface area (Å²) in [5.74, 6) is 3.84. The van der Waals surface area contributed by atoms with Gasteiger partial charge in [0.05, 0.1) is 11.7 Å². The molecule has 0 saturated heterocycles. The molecule has 2 N–H and O–H groups in total. The Labute approximate surface area is 117 Å². The lowest BCUT2D eigenvalue weighted by Crippen LogP contribution is -2.55. The number of ether oxygens (including phenoxy) is 1. The Morgan fingerprint density at radius 1 is 0.842 bits per heavy atom. The van der Waals surface area contributed by atoms with Crippen LogP contribution >= 0.6 is 0 Å². The summed E-state index contributed by atoms with van der Waals surface area (Å²) >= 11 is 0. The fourth-order valence-corrected chi connectivity index (χ4v) is 5.92. The fraction of sp³-hybridized carbons (Fsp3) is 1.00. The van der Waals surface area contributed by atoms with Gasteiger partial charge in [-0.25, -0.2) is 0 Å². The molecule has 5 fully saturated rings. The van der Waals surface area contributed by atoms with Crippen molar-refractivity contribution < 1.29 is 4.74 Å². The van der Waals surface area contributed by atoms with E-state index in [1.54, 1.807) is 0 Å². The molecule has 0 aliphatic heterocycles. The molecule has 4 bridgehead atoms. The average Bonchev–Trinajstić information content (AvgIpc) is 2.43. The zero-order chi connectivity index (χ0) is 12.9. The quantitative estimate of drug-likeness (QED) is 0.846. The highest BCUT2D eigenvalue weighted by molar-refractivity contribution is 5.01. The molecule has 2 heteroatoms. The molecule has 0 aromatic rings. The van der Waals surface area contributed by atoms with Crippen molar-refractivity contribution in [1.82, 2.24) is 0 Å². The van der Waals surface area contributed by atoms with E-state index in [1.807, 2.05) is 0 Å². The van der Waals surface area contributed by atoms with E-state index in [9.17, 15) is 0 Å². The van der Waals surface area contributed by atoms with E-state index < -0.39 is 0 Å². The second kappa shape index (κ2) is 4.73. The van der Waals surface area contributed by atoms with E-state index in [4.69, 9.17) is 10.5 Å². The van der Waals surface area contributed by atoms with Crippen LogP contribution in [0.4, 0.5) is 0 Å². The van der Waals surface area contributed by atoms with Crippen molar-refractivity contribution >= 4 is 0 Å². The molecule has 0 atom stereocenters. The highest BCUT2D eigenvalue weighted by Gasteiger charge is 2.51. The van der Waals surface area contributed by atoms with Gasteiger partial charge in [-0.05, 0) is 68.6 Å². The number of hydrogen-bond donors (Lipinski definition) is 1. The highest BCUT2D eigenvalue weighted by Crippen LogP contribution is 2.55. The van der Waals surface area contributed by atoms with Gasteiger partial charge in [0.25, 0.3) is 0 Å². The summed E-state index contributed by atoms with van der Waals surface area (Å²) in [5, 5.41) is 0. The van der Waals surface area contributed by atoms with Gasteiger partial charge in [-0.2, -0.15) is 0 Å². The molecule has 2 nitrogen and oxygen atoms in total. The van der Waals surface area contributed by atoms with Gasteiger partial charge in [0.1, 0.15) is 0 Å². The van der Waals surface area contributed by atoms with Crippen molar-refractivity contribution in [3.05, 3.63) is 0 Å². The van der Waals surface area contributed by atoms with Crippen molar-refractivity contribution in [1.29, 1.82) is 0 Å². The van der Waals surface area contributed by atoms with Crippen LogP contribution in [0.15, 0.2) is 0 Å². The zero-order valence-corrected chi connectivity index (χ0v) is 12.2. The molecule has 0 amide bonds. The van der Waals surface area contributed by atoms with E-state index in [1.165, 1.54) is 64.2 Å². The predicted molar refractivity (Wildman–Crippen MR) is 76.8 cm³/mol. The van der Waals surface area contributed by atoms with Gasteiger partial charge in [0, 0.05) is 6.54 Å². The van der Waals surface area contributed by atoms with Crippen molar-refractivity contribution in [2.75, 3.05) is 6.54 Å². The predicted octanol–water partition coefficient (Wildman–Crippen LogP) is 3.49. The second-order valence-electron chi connectivity index (χ2n) is 7.96. The minimum Gasteiger partial charge on any atom is -0.370 e. The standard InChI is InChI=1S/C17H29NO/c18-11-17(4-2-1-3-5-17)19-16-14-7-12-6-13(9-14)10-15(16)8-12/h12-16H,1-11,18H2. The maximum absolute atomic E-state index is 6.78. The summed E-state index contributed by atoms with van der Waals surface area (Å²) in [5.41, 5.74) is 6.17. The Hall–Kier alpha value is -0.0800. The molecule has 0 aromatic heterocycles. The normalized spacial score (nSPS) is 47.5. The first kappa shape index (κ1) is 12.6. The van der Waals surface area contributed by atoms with Crippen molar-refractivity contribution in [3.8, 4) is 0 Å². The van der Waals surface area contributed by atoms with Crippen LogP contribution in [0.1, 0.15) is 64.2 Å². The first-order chi connectivity index (χ1) is 9.28. The molecular weight excluding hydrogens is 234 g/mol. The summed E-state index contributed by atoms with van der Waals surface area (Å²) in [7, 11) is 0. The third kappa shape index (κ3) is 2.15. The molecule has 5 aliphatic rings. The highest BCUT2D eigenvalue weighted by atomic mass is 16.5. The molecule has 5 saturated carbocycles. The van der Waals surface area contributed by atoms with Crippen LogP contribution in [-0.2, 0) is 4.74 Å². The van der Waals surface area contributed by atoms with Crippen LogP contribution in [0, 0.1) is 23.7 Å². The Morgan fingerprint density at radius 3 is 1.95 bits per heavy atom. The van der Waals surface area contributed by atoms with Gasteiger partial charge >= 0.3 is 0 Å². The summed E-state index contributed by atoms with van der Waals surface area (Å²) in [6.07, 6.45) is 14.4. The van der Waals surface area contributed by atoms with Gasteiger partial charge in [0.15, 0.2) is 0 Å². The summed E-state index contributed by atoms with van der Waals surface area (Å²) in [6, 6.07) is 0. The van der Waals surface area contributed by atoms with E-state index in [-0.39, 0.29) is 5.60 Å². The first-order valence-corrected chi connectivity index (χ1v) is 8.66. The van der Waals surface area contributed by atoms with E-state index in [0.717, 1.165) is 30.2 Å². The molecule has 0 radical (unpaired) electrons. The molecule has 5 aliphatic carbocycles. The van der Waals surface area contributed by atoms with Crippen LogP contribution in [0.2, 0.25) is 0 Å². The Bertz CT molecular complexity index is 306. The Morgan fingerprint density at radius 2 is 1.42 bits per heavy atom. The smallest absolute Gasteiger partial charge is 0.0808 e. The van der Waals surface area contributed by atoms with Crippen molar-refractivity contribution in [2.45, 2.75) is 75.9 Å². The van der Waals surface area contributed by atoms with Crippen molar-refractivity contribution in [2.24, 2.45) is 29.4 Å². The number of hydrogen-bond acceptors (Lipinski definition) is 2. The van der Waals surface area contributed by atoms with Gasteiger partial charge < -0.3 is 10.5 Å². The van der Waals surface area contributed by atoms with Crippen LogP contribution < -0.4 is 5.73 Å². The van der Waals surface area contributed by atoms with Gasteiger partial charge in [0.2, 0.25) is 0 Å². The van der Waals surface area contributed by atoms with E-state index >= 15 is 0 Å². The van der Waals surface area contributed by atoms with Crippen LogP contribution in [0.5, 0.6) is 0 Å². The lowest BCUT2D eigenvalue weighted by atomic mass is 9.55. The number of nitrogens with two attached hydrogens (primary N) is 1. The molecular formula is C17H29NO. The SMILES string of the molecule is NCC1(OC2C3CC4CC(C3)CC2C4)CCCCC1. The molecule has 19 heavy (non-hydrogen) atoms. The number of rotatable bonds is 3. The van der Waals surface area contributed by atoms with Crippen LogP contribution in [0.3, 0.4) is 0 Å². The van der Waals surface area contributed by atoms with E-state index in [2.05, 4.69) is 0 Å². The monoisotopic (exact) mass is 263 g/mol. The first-order valence-electron chi connectivity index (χ1n) is 8.66. The summed E-state index contributed by atoms with van der Waals surface area (Å²) in [6.45, 7) is 0.746. The zero-order valence-electron chi connectivity index (χ0n) is 12.2. The maximum Gasteiger partial charge on any atom is 0.0808 e. The molecule has 108 valence electrons. The lowest BCUT2D eigenvalue weighted by Gasteiger charge is -2.56. The summed E-state index contributed by atoms with van der Waals surface area (Å²) < 4.78 is 6.78. The summed E-state index contributed by atoms with van der Waals surface area (Å²) in [4.78, 5) is 0. The van der Waals surface area contributed by atoms with Gasteiger partial charge in [-0.15, -0.1) is 0 Å². The second-order valence-corrected chi connectivity index (χ2v) is 7.96. The van der Waals surface area contributed by atoms with Crippen LogP contribution in [0.25, 0.3) is 0 Å². The topological polar surface area (TPSA) is 35.2 Å². The average molecular weight is 263 g/mol. The van der Waals surface area contributed by atoms with Gasteiger partial charge in [-0.3, -0.25) is 0 Å². The molecule has 5 rings (SSSR count). The Balaban J connectivity index is 1.50. The maximum atomic E-state index is 6.78. The fourth-order valence-electron chi connectivity index (χ4n) is 5.92. The molecule has 0 spiro atoms. The third-order valence-electron chi connectivity index (χ3n) is 6.66. The lowest BCUT2D eigenvalue weighted by molar-refractivity contribution is -0.195. The largest absolute Gasteiger partial charge is 0.370 e. The molecule has 0 heterocycles.